The Kier molecular flexibility index (Phi) is 2.75. The van der Waals surface area contributed by atoms with Gasteiger partial charge in [0.1, 0.15) is 23.2 Å². The Balaban J connectivity index is 1.88. The average Bonchev–Trinajstić information content (AvgIpc) is 2.90. The third kappa shape index (κ3) is 1.96. The van der Waals surface area contributed by atoms with Gasteiger partial charge in [-0.25, -0.2) is 13.8 Å². The van der Waals surface area contributed by atoms with Crippen molar-refractivity contribution < 1.29 is 17.9 Å². The van der Waals surface area contributed by atoms with Crippen LogP contribution in [0.3, 0.4) is 0 Å². The molecule has 0 radical (unpaired) electrons. The lowest BCUT2D eigenvalue weighted by molar-refractivity contribution is 0.420. The fourth-order valence-electron chi connectivity index (χ4n) is 2.24. The number of aromatic nitrogens is 2. The summed E-state index contributed by atoms with van der Waals surface area (Å²) in [5, 5.41) is 0.810. The molecular formula is C16H8F2N2O2. The number of nitrogens with zero attached hydrogens (tertiary/aromatic N) is 2. The quantitative estimate of drug-likeness (QED) is 0.548. The van der Waals surface area contributed by atoms with Crippen molar-refractivity contribution >= 4 is 22.1 Å². The Labute approximate surface area is 123 Å². The van der Waals surface area contributed by atoms with Crippen molar-refractivity contribution in [2.24, 2.45) is 0 Å². The molecule has 2 aromatic heterocycles. The maximum absolute atomic E-state index is 13.7. The van der Waals surface area contributed by atoms with Crippen LogP contribution in [0.1, 0.15) is 0 Å². The Morgan fingerprint density at radius 1 is 1.00 bits per heavy atom. The molecule has 22 heavy (non-hydrogen) atoms. The first-order chi connectivity index (χ1) is 10.7. The molecule has 4 nitrogen and oxygen atoms in total. The van der Waals surface area contributed by atoms with E-state index in [9.17, 15) is 8.78 Å². The van der Waals surface area contributed by atoms with E-state index in [-0.39, 0.29) is 11.6 Å². The number of halogens is 2. The van der Waals surface area contributed by atoms with Gasteiger partial charge in [0, 0.05) is 11.5 Å². The molecule has 0 unspecified atom stereocenters. The van der Waals surface area contributed by atoms with E-state index >= 15 is 0 Å². The number of fused-ring (bicyclic) bond motifs is 3. The van der Waals surface area contributed by atoms with E-state index < -0.39 is 11.6 Å². The lowest BCUT2D eigenvalue weighted by atomic mass is 10.2. The zero-order valence-electron chi connectivity index (χ0n) is 11.1. The van der Waals surface area contributed by atoms with Crippen molar-refractivity contribution in [1.29, 1.82) is 0 Å². The van der Waals surface area contributed by atoms with Crippen molar-refractivity contribution in [3.05, 3.63) is 60.4 Å². The van der Waals surface area contributed by atoms with E-state index in [0.717, 1.165) is 17.5 Å². The summed E-state index contributed by atoms with van der Waals surface area (Å²) in [6.07, 6.45) is 1.31. The summed E-state index contributed by atoms with van der Waals surface area (Å²) in [7, 11) is 0. The SMILES string of the molecule is Fc1ccc(Oc2ncnc3c2oc2ccccc23)c(F)c1. The van der Waals surface area contributed by atoms with Crippen LogP contribution in [0.15, 0.2) is 53.2 Å². The fraction of sp³-hybridized carbons (Fsp3) is 0. The summed E-state index contributed by atoms with van der Waals surface area (Å²) in [4.78, 5) is 8.14. The summed E-state index contributed by atoms with van der Waals surface area (Å²) in [5.41, 5.74) is 1.51. The molecule has 0 fully saturated rings. The van der Waals surface area contributed by atoms with Crippen molar-refractivity contribution in [2.45, 2.75) is 0 Å². The van der Waals surface area contributed by atoms with Crippen molar-refractivity contribution in [1.82, 2.24) is 9.97 Å². The monoisotopic (exact) mass is 298 g/mol. The van der Waals surface area contributed by atoms with E-state index in [1.807, 2.05) is 18.2 Å². The molecule has 0 spiro atoms. The molecule has 2 heterocycles. The van der Waals surface area contributed by atoms with Gasteiger partial charge in [0.2, 0.25) is 5.58 Å². The zero-order chi connectivity index (χ0) is 15.1. The van der Waals surface area contributed by atoms with Crippen LogP contribution >= 0.6 is 0 Å². The van der Waals surface area contributed by atoms with Crippen LogP contribution in [-0.2, 0) is 0 Å². The summed E-state index contributed by atoms with van der Waals surface area (Å²) in [6.45, 7) is 0. The van der Waals surface area contributed by atoms with Gasteiger partial charge >= 0.3 is 0 Å². The Bertz CT molecular complexity index is 998. The molecule has 0 aliphatic carbocycles. The van der Waals surface area contributed by atoms with Crippen LogP contribution in [0.25, 0.3) is 22.1 Å². The second-order valence-electron chi connectivity index (χ2n) is 4.63. The predicted octanol–water partition coefficient (Wildman–Crippen LogP) is 4.45. The topological polar surface area (TPSA) is 48.2 Å². The number of benzene rings is 2. The summed E-state index contributed by atoms with van der Waals surface area (Å²) >= 11 is 0. The van der Waals surface area contributed by atoms with Gasteiger partial charge < -0.3 is 9.15 Å². The molecule has 0 aliphatic rings. The summed E-state index contributed by atoms with van der Waals surface area (Å²) < 4.78 is 37.7. The van der Waals surface area contributed by atoms with Gasteiger partial charge in [0.25, 0.3) is 5.88 Å². The Hall–Kier alpha value is -3.02. The number of furan rings is 1. The van der Waals surface area contributed by atoms with Crippen molar-refractivity contribution in [2.75, 3.05) is 0 Å². The Morgan fingerprint density at radius 2 is 1.86 bits per heavy atom. The van der Waals surface area contributed by atoms with E-state index in [1.165, 1.54) is 12.4 Å². The number of ether oxygens (including phenoxy) is 1. The highest BCUT2D eigenvalue weighted by atomic mass is 19.1. The maximum atomic E-state index is 13.7. The van der Waals surface area contributed by atoms with Gasteiger partial charge in [-0.15, -0.1) is 0 Å². The van der Waals surface area contributed by atoms with Gasteiger partial charge in [-0.3, -0.25) is 0 Å². The second-order valence-corrected chi connectivity index (χ2v) is 4.63. The molecule has 0 atom stereocenters. The number of para-hydroxylation sites is 1. The summed E-state index contributed by atoms with van der Waals surface area (Å²) in [6, 6.07) is 10.4. The molecule has 4 aromatic rings. The normalized spacial score (nSPS) is 11.2. The fourth-order valence-corrected chi connectivity index (χ4v) is 2.24. The van der Waals surface area contributed by atoms with Crippen LogP contribution < -0.4 is 4.74 Å². The molecule has 0 N–H and O–H groups in total. The predicted molar refractivity (Wildman–Crippen MR) is 75.7 cm³/mol. The number of hydrogen-bond acceptors (Lipinski definition) is 4. The first-order valence-electron chi connectivity index (χ1n) is 6.47. The minimum absolute atomic E-state index is 0.0757. The van der Waals surface area contributed by atoms with E-state index in [4.69, 9.17) is 9.15 Å². The molecule has 0 bridgehead atoms. The third-order valence-electron chi connectivity index (χ3n) is 3.23. The highest BCUT2D eigenvalue weighted by Crippen LogP contribution is 2.34. The van der Waals surface area contributed by atoms with Crippen molar-refractivity contribution in [3.63, 3.8) is 0 Å². The number of rotatable bonds is 2. The molecule has 2 aromatic carbocycles. The van der Waals surface area contributed by atoms with Gasteiger partial charge in [-0.1, -0.05) is 12.1 Å². The van der Waals surface area contributed by atoms with Crippen molar-refractivity contribution in [3.8, 4) is 11.6 Å². The highest BCUT2D eigenvalue weighted by molar-refractivity contribution is 6.03. The van der Waals surface area contributed by atoms with Gasteiger partial charge in [-0.2, -0.15) is 4.98 Å². The highest BCUT2D eigenvalue weighted by Gasteiger charge is 2.16. The minimum atomic E-state index is -0.817. The number of hydrogen-bond donors (Lipinski definition) is 0. The van der Waals surface area contributed by atoms with Gasteiger partial charge in [0.15, 0.2) is 11.6 Å². The van der Waals surface area contributed by atoms with Crippen LogP contribution in [0.4, 0.5) is 8.78 Å². The van der Waals surface area contributed by atoms with Gasteiger partial charge in [0.05, 0.1) is 0 Å². The molecule has 0 saturated heterocycles. The lowest BCUT2D eigenvalue weighted by Gasteiger charge is -2.05. The third-order valence-corrected chi connectivity index (χ3v) is 3.23. The second kappa shape index (κ2) is 4.77. The maximum Gasteiger partial charge on any atom is 0.267 e. The molecule has 0 amide bonds. The van der Waals surface area contributed by atoms with E-state index in [2.05, 4.69) is 9.97 Å². The average molecular weight is 298 g/mol. The first kappa shape index (κ1) is 12.7. The first-order valence-corrected chi connectivity index (χ1v) is 6.47. The molecule has 0 aliphatic heterocycles. The van der Waals surface area contributed by atoms with Crippen LogP contribution in [0, 0.1) is 11.6 Å². The van der Waals surface area contributed by atoms with Crippen LogP contribution in [0.2, 0.25) is 0 Å². The minimum Gasteiger partial charge on any atom is -0.449 e. The van der Waals surface area contributed by atoms with Crippen LogP contribution in [0.5, 0.6) is 11.6 Å². The Morgan fingerprint density at radius 3 is 2.73 bits per heavy atom. The lowest BCUT2D eigenvalue weighted by Crippen LogP contribution is -1.93. The molecular weight excluding hydrogens is 290 g/mol. The largest absolute Gasteiger partial charge is 0.449 e. The smallest absolute Gasteiger partial charge is 0.267 e. The molecule has 0 saturated carbocycles. The van der Waals surface area contributed by atoms with E-state index in [1.54, 1.807) is 6.07 Å². The standard InChI is InChI=1S/C16H8F2N2O2/c17-9-5-6-13(11(18)7-9)22-16-15-14(19-8-20-16)10-3-1-2-4-12(10)21-15/h1-8H. The zero-order valence-corrected chi connectivity index (χ0v) is 11.1. The molecule has 4 rings (SSSR count). The molecule has 6 heteroatoms. The van der Waals surface area contributed by atoms with Crippen LogP contribution in [-0.4, -0.2) is 9.97 Å². The van der Waals surface area contributed by atoms with Gasteiger partial charge in [-0.05, 0) is 24.3 Å². The van der Waals surface area contributed by atoms with E-state index in [0.29, 0.717) is 16.7 Å². The summed E-state index contributed by atoms with van der Waals surface area (Å²) in [5.74, 6) is -1.56. The molecule has 108 valence electrons.